The maximum Gasteiger partial charge on any atom is 0.323 e. The van der Waals surface area contributed by atoms with Gasteiger partial charge in [-0.05, 0) is 77.4 Å². The average Bonchev–Trinajstić information content (AvgIpc) is 3.39. The molecular formula is C32H43FN2O12. The van der Waals surface area contributed by atoms with Gasteiger partial charge in [0.05, 0.1) is 31.8 Å². The third kappa shape index (κ3) is 5.68. The normalized spacial score (nSPS) is 38.6. The number of halogens is 1. The number of ketones is 2. The topological polar surface area (TPSA) is 204 Å². The molecule has 1 saturated heterocycles. The minimum Gasteiger partial charge on any atom is -0.465 e. The Bertz CT molecular complexity index is 1400. The van der Waals surface area contributed by atoms with Gasteiger partial charge in [-0.15, -0.1) is 10.1 Å². The van der Waals surface area contributed by atoms with Gasteiger partial charge in [0.1, 0.15) is 6.04 Å². The van der Waals surface area contributed by atoms with E-state index in [2.05, 4.69) is 4.84 Å². The summed E-state index contributed by atoms with van der Waals surface area (Å²) in [6, 6.07) is -1.38. The summed E-state index contributed by atoms with van der Waals surface area (Å²) in [5.41, 5.74) is 0.345. The van der Waals surface area contributed by atoms with Gasteiger partial charge in [0.25, 0.3) is 5.09 Å². The molecule has 9 atom stereocenters. The van der Waals surface area contributed by atoms with Gasteiger partial charge in [-0.1, -0.05) is 18.6 Å². The molecule has 0 aromatic heterocycles. The van der Waals surface area contributed by atoms with Crippen molar-refractivity contribution in [1.29, 1.82) is 0 Å². The molecule has 5 rings (SSSR count). The summed E-state index contributed by atoms with van der Waals surface area (Å²) in [5, 5.41) is 20.9. The van der Waals surface area contributed by atoms with Crippen LogP contribution in [0.1, 0.15) is 72.6 Å². The van der Waals surface area contributed by atoms with Crippen molar-refractivity contribution in [2.45, 2.75) is 108 Å². The maximum atomic E-state index is 17.6. The zero-order chi connectivity index (χ0) is 34.6. The molecule has 0 amide bonds. The molecule has 15 heteroatoms. The van der Waals surface area contributed by atoms with Crippen LogP contribution >= 0.6 is 0 Å². The summed E-state index contributed by atoms with van der Waals surface area (Å²) in [6.07, 6.45) is 2.94. The van der Waals surface area contributed by atoms with Crippen LogP contribution in [0, 0.1) is 32.8 Å². The summed E-state index contributed by atoms with van der Waals surface area (Å²) in [4.78, 5) is 65.5. The van der Waals surface area contributed by atoms with Crippen LogP contribution in [0.3, 0.4) is 0 Å². The molecule has 0 aromatic rings. The molecular weight excluding hydrogens is 623 g/mol. The van der Waals surface area contributed by atoms with Crippen molar-refractivity contribution in [3.63, 3.8) is 0 Å². The number of alkyl halides is 1. The largest absolute Gasteiger partial charge is 0.465 e. The lowest BCUT2D eigenvalue weighted by atomic mass is 9.44. The molecule has 260 valence electrons. The van der Waals surface area contributed by atoms with Gasteiger partial charge in [0, 0.05) is 16.7 Å². The summed E-state index contributed by atoms with van der Waals surface area (Å²) in [5.74, 6) is -4.98. The first-order valence-corrected chi connectivity index (χ1v) is 16.0. The van der Waals surface area contributed by atoms with Crippen molar-refractivity contribution in [3.8, 4) is 0 Å². The Hall–Kier alpha value is -3.27. The molecule has 3 N–H and O–H groups in total. The van der Waals surface area contributed by atoms with Gasteiger partial charge < -0.3 is 34.6 Å². The molecule has 1 aliphatic heterocycles. The molecule has 4 fully saturated rings. The third-order valence-electron chi connectivity index (χ3n) is 11.1. The summed E-state index contributed by atoms with van der Waals surface area (Å²) in [7, 11) is 0. The van der Waals surface area contributed by atoms with Crippen LogP contribution in [0.4, 0.5) is 4.39 Å². The van der Waals surface area contributed by atoms with Crippen LogP contribution < -0.4 is 5.73 Å². The predicted molar refractivity (Wildman–Crippen MR) is 158 cm³/mol. The van der Waals surface area contributed by atoms with Crippen LogP contribution in [0.5, 0.6) is 0 Å². The third-order valence-corrected chi connectivity index (χ3v) is 11.1. The number of nitrogens with two attached hydrogens (primary N) is 1. The Morgan fingerprint density at radius 3 is 2.57 bits per heavy atom. The summed E-state index contributed by atoms with van der Waals surface area (Å²) in [6.45, 7) is 5.85. The van der Waals surface area contributed by atoms with Crippen LogP contribution in [-0.4, -0.2) is 88.8 Å². The van der Waals surface area contributed by atoms with Gasteiger partial charge in [0.15, 0.2) is 29.4 Å². The Morgan fingerprint density at radius 1 is 1.17 bits per heavy atom. The fourth-order valence-corrected chi connectivity index (χ4v) is 9.01. The predicted octanol–water partition coefficient (Wildman–Crippen LogP) is 2.22. The van der Waals surface area contributed by atoms with E-state index in [9.17, 15) is 34.4 Å². The fourth-order valence-electron chi connectivity index (χ4n) is 9.01. The number of aliphatic hydroxyl groups is 1. The Kier molecular flexibility index (Phi) is 9.18. The Balaban J connectivity index is 1.27. The second-order valence-electron chi connectivity index (χ2n) is 14.2. The molecule has 0 aromatic carbocycles. The molecule has 3 saturated carbocycles. The zero-order valence-electron chi connectivity index (χ0n) is 27.0. The molecule has 14 nitrogen and oxygen atoms in total. The maximum absolute atomic E-state index is 17.6. The molecule has 0 radical (unpaired) electrons. The van der Waals surface area contributed by atoms with E-state index in [0.717, 1.165) is 0 Å². The number of allylic oxidation sites excluding steroid dienone is 4. The van der Waals surface area contributed by atoms with Crippen molar-refractivity contribution < 1.29 is 57.5 Å². The van der Waals surface area contributed by atoms with Crippen molar-refractivity contribution in [3.05, 3.63) is 33.9 Å². The van der Waals surface area contributed by atoms with Crippen molar-refractivity contribution in [2.24, 2.45) is 28.4 Å². The van der Waals surface area contributed by atoms with E-state index in [1.165, 1.54) is 12.2 Å². The zero-order valence-corrected chi connectivity index (χ0v) is 27.0. The minimum atomic E-state index is -2.11. The van der Waals surface area contributed by atoms with E-state index >= 15 is 4.39 Å². The highest BCUT2D eigenvalue weighted by molar-refractivity contribution is 6.01. The number of carbonyl (C=O) groups is 4. The summed E-state index contributed by atoms with van der Waals surface area (Å²) >= 11 is 0. The van der Waals surface area contributed by atoms with E-state index in [-0.39, 0.29) is 44.7 Å². The van der Waals surface area contributed by atoms with Gasteiger partial charge in [-0.3, -0.25) is 19.2 Å². The number of esters is 2. The first-order valence-electron chi connectivity index (χ1n) is 16.0. The van der Waals surface area contributed by atoms with E-state index < -0.39 is 93.8 Å². The number of Topliss-reactive ketones (excluding diaryl/α,β-unsaturated/α-hetero) is 1. The first kappa shape index (κ1) is 35.0. The van der Waals surface area contributed by atoms with Crippen molar-refractivity contribution in [2.75, 3.05) is 19.8 Å². The first-order chi connectivity index (χ1) is 21.9. The van der Waals surface area contributed by atoms with Crippen LogP contribution in [0.2, 0.25) is 0 Å². The number of carbonyl (C=O) groups excluding carboxylic acids is 4. The molecule has 4 aliphatic carbocycles. The minimum absolute atomic E-state index is 0.0872. The lowest BCUT2D eigenvalue weighted by Crippen LogP contribution is -2.70. The van der Waals surface area contributed by atoms with Gasteiger partial charge >= 0.3 is 11.9 Å². The second-order valence-corrected chi connectivity index (χ2v) is 14.2. The van der Waals surface area contributed by atoms with E-state index in [1.54, 1.807) is 33.8 Å². The number of rotatable bonds is 12. The molecule has 1 heterocycles. The number of ether oxygens (including phenoxy) is 4. The Morgan fingerprint density at radius 2 is 1.87 bits per heavy atom. The van der Waals surface area contributed by atoms with Crippen LogP contribution in [-0.2, 0) is 43.0 Å². The van der Waals surface area contributed by atoms with Crippen LogP contribution in [0.25, 0.3) is 0 Å². The number of hydrogen-bond acceptors (Lipinski definition) is 13. The lowest BCUT2D eigenvalue weighted by Gasteiger charge is -2.62. The van der Waals surface area contributed by atoms with Gasteiger partial charge in [-0.2, -0.15) is 0 Å². The highest BCUT2D eigenvalue weighted by Crippen LogP contribution is 2.72. The van der Waals surface area contributed by atoms with Crippen LogP contribution in [0.15, 0.2) is 23.8 Å². The number of nitrogens with zero attached hydrogens (tertiary/aromatic N) is 1. The molecule has 0 bridgehead atoms. The standard InChI is InChI=1S/C32H43FN2O12/c1-28(2)46-25-14-21-20-8-7-18-13-19(36)9-10-29(18,3)31(20,33)23(37)16-30(21,4)32(25,47-28)24(38)17-44-26(39)15-22(34)27(40)43-11-5-6-12-45-35(41)42/h9-10,13,20-23,25,37H,5-8,11-12,14-17,34H2,1-4H3/t20-,21-,22?,23-,25+,29-,30-,31-,32+/m0/s1. The lowest BCUT2D eigenvalue weighted by molar-refractivity contribution is -0.757. The SMILES string of the molecule is CC1(C)O[C@@H]2C[C@H]3[C@@H]4CCC5=CC(=O)C=C[C@]5(C)[C@@]4(F)[C@@H](O)C[C@]3(C)[C@]2(C(=O)COC(=O)CC(N)C(=O)OCCCCO[N+](=O)[O-])O1. The number of hydrogen-bond donors (Lipinski definition) is 2. The van der Waals surface area contributed by atoms with E-state index in [1.807, 2.05) is 0 Å². The Labute approximate surface area is 271 Å². The average molecular weight is 667 g/mol. The van der Waals surface area contributed by atoms with E-state index in [4.69, 9.17) is 24.7 Å². The van der Waals surface area contributed by atoms with Crippen molar-refractivity contribution >= 4 is 23.5 Å². The molecule has 0 spiro atoms. The van der Waals surface area contributed by atoms with E-state index in [0.29, 0.717) is 18.4 Å². The highest BCUT2D eigenvalue weighted by Gasteiger charge is 2.80. The fraction of sp³-hybridized carbons (Fsp3) is 0.750. The smallest absolute Gasteiger partial charge is 0.323 e. The van der Waals surface area contributed by atoms with Gasteiger partial charge in [0.2, 0.25) is 5.78 Å². The monoisotopic (exact) mass is 666 g/mol. The summed E-state index contributed by atoms with van der Waals surface area (Å²) < 4.78 is 40.5. The molecule has 5 aliphatic rings. The molecule has 1 unspecified atom stereocenters. The highest BCUT2D eigenvalue weighted by atomic mass is 19.1. The van der Waals surface area contributed by atoms with Gasteiger partial charge in [-0.25, -0.2) is 4.39 Å². The quantitative estimate of drug-likeness (QED) is 0.133. The number of aliphatic hydroxyl groups excluding tert-OH is 1. The number of unbranched alkanes of at least 4 members (excludes halogenated alkanes) is 1. The molecule has 47 heavy (non-hydrogen) atoms. The number of fused-ring (bicyclic) bond motifs is 7. The van der Waals surface area contributed by atoms with Crippen molar-refractivity contribution in [1.82, 2.24) is 0 Å². The second kappa shape index (κ2) is 12.3.